The van der Waals surface area contributed by atoms with Crippen LogP contribution in [-0.4, -0.2) is 9.13 Å². The Balaban J connectivity index is 1.08. The molecule has 3 heterocycles. The van der Waals surface area contributed by atoms with E-state index in [0.717, 1.165) is 33.5 Å². The molecule has 3 nitrogen and oxygen atoms in total. The van der Waals surface area contributed by atoms with Gasteiger partial charge in [-0.25, -0.2) is 0 Å². The first kappa shape index (κ1) is 29.8. The van der Waals surface area contributed by atoms with Gasteiger partial charge in [-0.3, -0.25) is 0 Å². The largest absolute Gasteiger partial charge is 0.309 e. The standard InChI is InChI=1S/C49H29N3S/c50-30-31-24-35(34-20-23-49-43(29-34)40-14-6-9-17-48(40)53-49)26-37(25-31)52-45-16-8-5-13-39(45)42-28-33(19-22-47(42)52)32-18-21-46-41(27-32)38-12-4-7-15-44(38)51(46)36-10-2-1-3-11-36/h1-29H. The van der Waals surface area contributed by atoms with Gasteiger partial charge in [0.25, 0.3) is 0 Å². The molecule has 0 amide bonds. The van der Waals surface area contributed by atoms with Gasteiger partial charge in [0.1, 0.15) is 0 Å². The molecule has 8 aromatic carbocycles. The minimum atomic E-state index is 0.637. The van der Waals surface area contributed by atoms with Crippen molar-refractivity contribution in [3.05, 3.63) is 181 Å². The van der Waals surface area contributed by atoms with Crippen LogP contribution in [0.4, 0.5) is 0 Å². The Morgan fingerprint density at radius 2 is 0.868 bits per heavy atom. The summed E-state index contributed by atoms with van der Waals surface area (Å²) in [5, 5.41) is 17.6. The first-order valence-corrected chi connectivity index (χ1v) is 18.6. The maximum Gasteiger partial charge on any atom is 0.0992 e. The Bertz CT molecular complexity index is 3300. The van der Waals surface area contributed by atoms with Crippen LogP contribution in [0.25, 0.3) is 97.4 Å². The molecule has 11 rings (SSSR count). The van der Waals surface area contributed by atoms with Crippen molar-refractivity contribution in [3.63, 3.8) is 0 Å². The van der Waals surface area contributed by atoms with Gasteiger partial charge < -0.3 is 9.13 Å². The second-order valence-electron chi connectivity index (χ2n) is 13.7. The Kier molecular flexibility index (Phi) is 6.48. The van der Waals surface area contributed by atoms with Crippen LogP contribution >= 0.6 is 11.3 Å². The van der Waals surface area contributed by atoms with Crippen molar-refractivity contribution >= 4 is 75.1 Å². The molecule has 0 bridgehead atoms. The van der Waals surface area contributed by atoms with Crippen LogP contribution in [0.15, 0.2) is 176 Å². The van der Waals surface area contributed by atoms with Gasteiger partial charge in [0, 0.05) is 53.1 Å². The van der Waals surface area contributed by atoms with Crippen LogP contribution in [0.2, 0.25) is 0 Å². The van der Waals surface area contributed by atoms with E-state index in [0.29, 0.717) is 5.56 Å². The third kappa shape index (κ3) is 4.58. The van der Waals surface area contributed by atoms with Gasteiger partial charge in [0.15, 0.2) is 0 Å². The van der Waals surface area contributed by atoms with Crippen LogP contribution in [0.5, 0.6) is 0 Å². The molecule has 11 aromatic rings. The Labute approximate surface area is 309 Å². The highest BCUT2D eigenvalue weighted by Crippen LogP contribution is 2.40. The summed E-state index contributed by atoms with van der Waals surface area (Å²) in [6.07, 6.45) is 0. The van der Waals surface area contributed by atoms with Gasteiger partial charge in [-0.05, 0) is 107 Å². The third-order valence-corrected chi connectivity index (χ3v) is 11.9. The number of benzene rings is 8. The Hall–Kier alpha value is -6.93. The fraction of sp³-hybridized carbons (Fsp3) is 0. The van der Waals surface area contributed by atoms with Crippen molar-refractivity contribution < 1.29 is 0 Å². The Morgan fingerprint density at radius 1 is 0.358 bits per heavy atom. The second kappa shape index (κ2) is 11.5. The molecule has 0 saturated heterocycles. The summed E-state index contributed by atoms with van der Waals surface area (Å²) >= 11 is 1.82. The number of nitriles is 1. The van der Waals surface area contributed by atoms with Gasteiger partial charge in [0.2, 0.25) is 0 Å². The zero-order valence-electron chi connectivity index (χ0n) is 28.5. The minimum Gasteiger partial charge on any atom is -0.309 e. The number of hydrogen-bond donors (Lipinski definition) is 0. The van der Waals surface area contributed by atoms with Gasteiger partial charge >= 0.3 is 0 Å². The van der Waals surface area contributed by atoms with Crippen molar-refractivity contribution in [3.8, 4) is 39.7 Å². The molecule has 246 valence electrons. The van der Waals surface area contributed by atoms with Crippen LogP contribution in [0, 0.1) is 11.3 Å². The molecule has 4 heteroatoms. The summed E-state index contributed by atoms with van der Waals surface area (Å²) in [6, 6.07) is 65.5. The van der Waals surface area contributed by atoms with E-state index in [1.165, 1.54) is 63.9 Å². The maximum atomic E-state index is 10.2. The highest BCUT2D eigenvalue weighted by atomic mass is 32.1. The average Bonchev–Trinajstić information content (AvgIpc) is 3.88. The summed E-state index contributed by atoms with van der Waals surface area (Å²) < 4.78 is 7.23. The second-order valence-corrected chi connectivity index (χ2v) is 14.8. The topological polar surface area (TPSA) is 33.6 Å². The van der Waals surface area contributed by atoms with Gasteiger partial charge in [-0.15, -0.1) is 11.3 Å². The molecule has 0 aliphatic heterocycles. The van der Waals surface area contributed by atoms with Crippen molar-refractivity contribution in [2.75, 3.05) is 0 Å². The van der Waals surface area contributed by atoms with Crippen LogP contribution in [0.3, 0.4) is 0 Å². The maximum absolute atomic E-state index is 10.2. The molecule has 0 aliphatic carbocycles. The van der Waals surface area contributed by atoms with Crippen LogP contribution in [0.1, 0.15) is 5.56 Å². The number of para-hydroxylation sites is 3. The van der Waals surface area contributed by atoms with Crippen molar-refractivity contribution in [1.29, 1.82) is 5.26 Å². The molecule has 0 saturated carbocycles. The van der Waals surface area contributed by atoms with E-state index in [2.05, 4.69) is 179 Å². The number of aromatic nitrogens is 2. The highest BCUT2D eigenvalue weighted by molar-refractivity contribution is 7.25. The van der Waals surface area contributed by atoms with Gasteiger partial charge in [0.05, 0.1) is 33.7 Å². The average molecular weight is 692 g/mol. The summed E-state index contributed by atoms with van der Waals surface area (Å²) in [7, 11) is 0. The fourth-order valence-corrected chi connectivity index (χ4v) is 9.40. The quantitative estimate of drug-likeness (QED) is 0.181. The van der Waals surface area contributed by atoms with E-state index >= 15 is 0 Å². The summed E-state index contributed by atoms with van der Waals surface area (Å²) in [5.74, 6) is 0. The smallest absolute Gasteiger partial charge is 0.0992 e. The van der Waals surface area contributed by atoms with Crippen molar-refractivity contribution in [2.24, 2.45) is 0 Å². The number of nitrogens with zero attached hydrogens (tertiary/aromatic N) is 3. The number of thiophene rings is 1. The van der Waals surface area contributed by atoms with Crippen molar-refractivity contribution in [1.82, 2.24) is 9.13 Å². The predicted octanol–water partition coefficient (Wildman–Crippen LogP) is 13.5. The van der Waals surface area contributed by atoms with Crippen LogP contribution < -0.4 is 0 Å². The number of hydrogen-bond acceptors (Lipinski definition) is 2. The zero-order valence-corrected chi connectivity index (χ0v) is 29.3. The normalized spacial score (nSPS) is 11.8. The molecule has 0 atom stereocenters. The van der Waals surface area contributed by atoms with E-state index in [4.69, 9.17) is 0 Å². The molecule has 0 fully saturated rings. The number of rotatable bonds is 4. The lowest BCUT2D eigenvalue weighted by molar-refractivity contribution is 1.18. The Morgan fingerprint density at radius 3 is 1.55 bits per heavy atom. The molecule has 3 aromatic heterocycles. The molecule has 0 N–H and O–H groups in total. The first-order chi connectivity index (χ1) is 26.2. The van der Waals surface area contributed by atoms with Crippen LogP contribution in [-0.2, 0) is 0 Å². The molecule has 53 heavy (non-hydrogen) atoms. The minimum absolute atomic E-state index is 0.637. The molecule has 0 spiro atoms. The van der Waals surface area contributed by atoms with E-state index < -0.39 is 0 Å². The van der Waals surface area contributed by atoms with E-state index in [1.54, 1.807) is 0 Å². The summed E-state index contributed by atoms with van der Waals surface area (Å²) in [5.41, 5.74) is 11.9. The SMILES string of the molecule is N#Cc1cc(-c2ccc3sc4ccccc4c3c2)cc(-n2c3ccccc3c3cc(-c4ccc5c(c4)c4ccccc4n5-c4ccccc4)ccc32)c1. The highest BCUT2D eigenvalue weighted by Gasteiger charge is 2.17. The molecular formula is C49H29N3S. The van der Waals surface area contributed by atoms with Gasteiger partial charge in [-0.2, -0.15) is 5.26 Å². The lowest BCUT2D eigenvalue weighted by Crippen LogP contribution is -1.96. The van der Waals surface area contributed by atoms with E-state index in [9.17, 15) is 5.26 Å². The third-order valence-electron chi connectivity index (χ3n) is 10.7. The van der Waals surface area contributed by atoms with E-state index in [-0.39, 0.29) is 0 Å². The lowest BCUT2D eigenvalue weighted by atomic mass is 10.00. The molecular weight excluding hydrogens is 663 g/mol. The van der Waals surface area contributed by atoms with Crippen molar-refractivity contribution in [2.45, 2.75) is 0 Å². The zero-order chi connectivity index (χ0) is 35.0. The molecule has 0 aliphatic rings. The monoisotopic (exact) mass is 691 g/mol. The van der Waals surface area contributed by atoms with Gasteiger partial charge in [-0.1, -0.05) is 91.0 Å². The molecule has 0 unspecified atom stereocenters. The van der Waals surface area contributed by atoms with E-state index in [1.807, 2.05) is 23.5 Å². The number of fused-ring (bicyclic) bond motifs is 9. The molecule has 0 radical (unpaired) electrons. The first-order valence-electron chi connectivity index (χ1n) is 17.8. The summed E-state index contributed by atoms with van der Waals surface area (Å²) in [6.45, 7) is 0. The fourth-order valence-electron chi connectivity index (χ4n) is 8.32. The summed E-state index contributed by atoms with van der Waals surface area (Å²) in [4.78, 5) is 0. The predicted molar refractivity (Wildman–Crippen MR) is 224 cm³/mol. The lowest BCUT2D eigenvalue weighted by Gasteiger charge is -2.12.